The molecule has 42 heavy (non-hydrogen) atoms. The Labute approximate surface area is 250 Å². The molecular formula is C30H35ClN8O3. The van der Waals surface area contributed by atoms with Crippen molar-refractivity contribution < 1.29 is 14.3 Å². The van der Waals surface area contributed by atoms with Gasteiger partial charge in [0.25, 0.3) is 0 Å². The van der Waals surface area contributed by atoms with E-state index in [-0.39, 0.29) is 5.91 Å². The molecular weight excluding hydrogens is 556 g/mol. The van der Waals surface area contributed by atoms with E-state index in [1.807, 2.05) is 52.2 Å². The van der Waals surface area contributed by atoms with Gasteiger partial charge in [-0.05, 0) is 51.7 Å². The van der Waals surface area contributed by atoms with Crippen molar-refractivity contribution in [2.45, 2.75) is 20.3 Å². The van der Waals surface area contributed by atoms with Crippen LogP contribution < -0.4 is 31.1 Å². The molecule has 1 aliphatic rings. The van der Waals surface area contributed by atoms with E-state index >= 15 is 0 Å². The summed E-state index contributed by atoms with van der Waals surface area (Å²) in [6.07, 6.45) is 5.69. The molecule has 2 heterocycles. The number of amides is 1. The number of rotatable bonds is 12. The van der Waals surface area contributed by atoms with Crippen LogP contribution in [0.1, 0.15) is 25.1 Å². The molecule has 0 unspecified atom stereocenters. The quantitative estimate of drug-likeness (QED) is 0.221. The highest BCUT2D eigenvalue weighted by molar-refractivity contribution is 6.32. The van der Waals surface area contributed by atoms with Crippen molar-refractivity contribution in [1.29, 1.82) is 5.26 Å². The Bertz CT molecular complexity index is 1560. The minimum absolute atomic E-state index is 0.293. The Hall–Kier alpha value is -4.50. The van der Waals surface area contributed by atoms with Gasteiger partial charge in [0.15, 0.2) is 0 Å². The minimum atomic E-state index is -0.293. The zero-order chi connectivity index (χ0) is 30.2. The second-order valence-corrected chi connectivity index (χ2v) is 10.2. The van der Waals surface area contributed by atoms with E-state index in [1.54, 1.807) is 35.4 Å². The third-order valence-corrected chi connectivity index (χ3v) is 6.53. The Morgan fingerprint density at radius 2 is 2.02 bits per heavy atom. The number of aromatic nitrogens is 1. The molecule has 0 radical (unpaired) electrons. The van der Waals surface area contributed by atoms with Crippen LogP contribution in [-0.2, 0) is 11.2 Å². The maximum Gasteiger partial charge on any atom is 0.248 e. The summed E-state index contributed by atoms with van der Waals surface area (Å²) in [4.78, 5) is 19.4. The first-order chi connectivity index (χ1) is 20.2. The van der Waals surface area contributed by atoms with Crippen molar-refractivity contribution >= 4 is 45.5 Å². The summed E-state index contributed by atoms with van der Waals surface area (Å²) in [5, 5.41) is 19.3. The zero-order valence-corrected chi connectivity index (χ0v) is 25.1. The van der Waals surface area contributed by atoms with Crippen LogP contribution in [0.3, 0.4) is 0 Å². The molecule has 2 aromatic carbocycles. The maximum atomic E-state index is 12.7. The Balaban J connectivity index is 1.70. The van der Waals surface area contributed by atoms with E-state index in [9.17, 15) is 10.1 Å². The number of hydrogen-bond donors (Lipinski definition) is 4. The Morgan fingerprint density at radius 1 is 1.21 bits per heavy atom. The van der Waals surface area contributed by atoms with Gasteiger partial charge in [0.2, 0.25) is 5.91 Å². The van der Waals surface area contributed by atoms with Gasteiger partial charge in [-0.15, -0.1) is 5.53 Å². The van der Waals surface area contributed by atoms with Crippen molar-refractivity contribution in [2.75, 3.05) is 51.5 Å². The molecule has 0 aliphatic carbocycles. The van der Waals surface area contributed by atoms with Crippen molar-refractivity contribution in [3.63, 3.8) is 0 Å². The summed E-state index contributed by atoms with van der Waals surface area (Å²) in [5.41, 5.74) is 10.1. The highest BCUT2D eigenvalue weighted by Crippen LogP contribution is 2.38. The molecule has 0 spiro atoms. The van der Waals surface area contributed by atoms with Crippen molar-refractivity contribution in [3.8, 4) is 17.6 Å². The second kappa shape index (κ2) is 13.9. The molecule has 4 N–H and O–H groups in total. The SMILES string of the molecule is CCOc1cc2nc(CC)c(C#N)c(Nc3ccc(OCC4=CN(C)NN4)c(Cl)c3)c2cc1NC(=O)/C=C/CN(C)C. The second-order valence-electron chi connectivity index (χ2n) is 9.79. The number of ether oxygens (including phenoxy) is 2. The standard InChI is InChI=1S/C30H35ClN8O3/c1-6-24-22(16-32)30(33-19-10-11-27(23(31)13-19)42-18-20-17-39(5)37-36-20)21-14-26(28(41-7-2)15-25(21)34-24)35-29(40)9-8-12-38(3)4/h8-11,13-15,17,36-37H,6-7,12,18H2,1-5H3,(H,33,34)(H,35,40)/b9-8+. The molecule has 11 nitrogen and oxygen atoms in total. The molecule has 220 valence electrons. The lowest BCUT2D eigenvalue weighted by molar-refractivity contribution is -0.111. The van der Waals surface area contributed by atoms with Crippen LogP contribution in [0.25, 0.3) is 10.9 Å². The maximum absolute atomic E-state index is 12.7. The Kier molecular flexibility index (Phi) is 10.1. The number of likely N-dealkylation sites (N-methyl/N-ethyl adjacent to an activating group) is 1. The number of anilines is 3. The average molecular weight is 591 g/mol. The highest BCUT2D eigenvalue weighted by Gasteiger charge is 2.19. The van der Waals surface area contributed by atoms with Crippen LogP contribution in [0, 0.1) is 11.3 Å². The number of nitrogens with zero attached hydrogens (tertiary/aromatic N) is 4. The van der Waals surface area contributed by atoms with E-state index in [0.717, 1.165) is 5.70 Å². The molecule has 0 atom stereocenters. The molecule has 12 heteroatoms. The molecule has 0 saturated heterocycles. The van der Waals surface area contributed by atoms with E-state index in [1.165, 1.54) is 6.08 Å². The van der Waals surface area contributed by atoms with Gasteiger partial charge in [0.1, 0.15) is 24.2 Å². The number of fused-ring (bicyclic) bond motifs is 1. The normalized spacial score (nSPS) is 12.8. The third kappa shape index (κ3) is 7.41. The van der Waals surface area contributed by atoms with E-state index in [4.69, 9.17) is 26.1 Å². The van der Waals surface area contributed by atoms with Gasteiger partial charge < -0.3 is 30.4 Å². The summed E-state index contributed by atoms with van der Waals surface area (Å²) in [6.45, 7) is 5.15. The van der Waals surface area contributed by atoms with Gasteiger partial charge >= 0.3 is 0 Å². The fraction of sp³-hybridized carbons (Fsp3) is 0.300. The number of nitrogens with one attached hydrogen (secondary N) is 4. The number of nitriles is 1. The lowest BCUT2D eigenvalue weighted by atomic mass is 10.0. The molecule has 3 aromatic rings. The van der Waals surface area contributed by atoms with Crippen LogP contribution in [-0.4, -0.2) is 61.7 Å². The van der Waals surface area contributed by atoms with Gasteiger partial charge in [-0.1, -0.05) is 24.6 Å². The van der Waals surface area contributed by atoms with Crippen molar-refractivity contribution in [1.82, 2.24) is 25.9 Å². The summed E-state index contributed by atoms with van der Waals surface area (Å²) in [7, 11) is 5.72. The predicted molar refractivity (Wildman–Crippen MR) is 166 cm³/mol. The van der Waals surface area contributed by atoms with Gasteiger partial charge in [-0.2, -0.15) is 5.26 Å². The number of carbonyl (C=O) groups excluding carboxylic acids is 1. The zero-order valence-electron chi connectivity index (χ0n) is 24.3. The van der Waals surface area contributed by atoms with Gasteiger partial charge in [-0.3, -0.25) is 14.8 Å². The highest BCUT2D eigenvalue weighted by atomic mass is 35.5. The van der Waals surface area contributed by atoms with Gasteiger partial charge in [0, 0.05) is 43.0 Å². The first kappa shape index (κ1) is 30.5. The first-order valence-electron chi connectivity index (χ1n) is 13.5. The smallest absolute Gasteiger partial charge is 0.248 e. The summed E-state index contributed by atoms with van der Waals surface area (Å²) in [5.74, 6) is 0.712. The number of benzene rings is 2. The molecule has 4 rings (SSSR count). The monoisotopic (exact) mass is 590 g/mol. The fourth-order valence-electron chi connectivity index (χ4n) is 4.29. The molecule has 1 aliphatic heterocycles. The van der Waals surface area contributed by atoms with Crippen LogP contribution in [0.2, 0.25) is 5.02 Å². The topological polar surface area (TPSA) is 127 Å². The van der Waals surface area contributed by atoms with Crippen LogP contribution in [0.15, 0.2) is 54.4 Å². The van der Waals surface area contributed by atoms with Crippen molar-refractivity contribution in [3.05, 3.63) is 70.7 Å². The first-order valence-corrected chi connectivity index (χ1v) is 13.9. The largest absolute Gasteiger partial charge is 0.492 e. The fourth-order valence-corrected chi connectivity index (χ4v) is 4.53. The van der Waals surface area contributed by atoms with Gasteiger partial charge in [0.05, 0.1) is 45.5 Å². The van der Waals surface area contributed by atoms with Crippen LogP contribution in [0.4, 0.5) is 17.1 Å². The lowest BCUT2D eigenvalue weighted by Crippen LogP contribution is -2.34. The average Bonchev–Trinajstić information content (AvgIpc) is 3.37. The molecule has 0 saturated carbocycles. The van der Waals surface area contributed by atoms with Crippen LogP contribution in [0.5, 0.6) is 11.5 Å². The molecule has 0 bridgehead atoms. The number of aryl methyl sites for hydroxylation is 1. The molecule has 1 aromatic heterocycles. The van der Waals surface area contributed by atoms with Crippen molar-refractivity contribution in [2.24, 2.45) is 0 Å². The van der Waals surface area contributed by atoms with E-state index in [2.05, 4.69) is 27.7 Å². The number of hydrogen-bond acceptors (Lipinski definition) is 10. The number of hydrazine groups is 2. The summed E-state index contributed by atoms with van der Waals surface area (Å²) < 4.78 is 11.7. The number of carbonyl (C=O) groups is 1. The van der Waals surface area contributed by atoms with E-state index in [0.29, 0.717) is 81.9 Å². The third-order valence-electron chi connectivity index (χ3n) is 6.23. The lowest BCUT2D eigenvalue weighted by Gasteiger charge is -2.18. The van der Waals surface area contributed by atoms with Crippen LogP contribution >= 0.6 is 11.6 Å². The minimum Gasteiger partial charge on any atom is -0.492 e. The Morgan fingerprint density at radius 3 is 2.67 bits per heavy atom. The summed E-state index contributed by atoms with van der Waals surface area (Å²) >= 11 is 6.58. The van der Waals surface area contributed by atoms with E-state index < -0.39 is 0 Å². The van der Waals surface area contributed by atoms with Gasteiger partial charge in [-0.25, -0.2) is 0 Å². The molecule has 0 fully saturated rings. The molecule has 1 amide bonds. The predicted octanol–water partition coefficient (Wildman–Crippen LogP) is 4.70. The number of pyridine rings is 1. The summed E-state index contributed by atoms with van der Waals surface area (Å²) in [6, 6.07) is 11.2. The number of halogens is 1.